The molecular weight excluding hydrogens is 212 g/mol. The zero-order valence-electron chi connectivity index (χ0n) is 10.6. The van der Waals surface area contributed by atoms with Gasteiger partial charge in [-0.3, -0.25) is 4.79 Å². The van der Waals surface area contributed by atoms with Crippen LogP contribution in [0.5, 0.6) is 0 Å². The van der Waals surface area contributed by atoms with Gasteiger partial charge in [0.25, 0.3) is 0 Å². The summed E-state index contributed by atoms with van der Waals surface area (Å²) >= 11 is 0. The Morgan fingerprint density at radius 1 is 1.53 bits per heavy atom. The zero-order valence-corrected chi connectivity index (χ0v) is 10.6. The standard InChI is InChI=1S/C14H20N2O/c1-11-5-3-7-13(9-11)16(2)14(17)10-12-6-4-8-15-12/h3,5,7,9,12,15H,4,6,8,10H2,1-2H3. The number of nitrogens with zero attached hydrogens (tertiary/aromatic N) is 1. The zero-order chi connectivity index (χ0) is 12.3. The molecule has 0 aliphatic carbocycles. The van der Waals surface area contributed by atoms with E-state index < -0.39 is 0 Å². The molecule has 1 aliphatic heterocycles. The van der Waals surface area contributed by atoms with Crippen molar-refractivity contribution in [3.8, 4) is 0 Å². The van der Waals surface area contributed by atoms with Crippen LogP contribution in [0.3, 0.4) is 0 Å². The van der Waals surface area contributed by atoms with Crippen molar-refractivity contribution < 1.29 is 4.79 Å². The number of amides is 1. The Bertz CT molecular complexity index is 397. The Kier molecular flexibility index (Phi) is 3.79. The van der Waals surface area contributed by atoms with Crippen molar-refractivity contribution in [1.29, 1.82) is 0 Å². The van der Waals surface area contributed by atoms with Gasteiger partial charge in [0.05, 0.1) is 0 Å². The first-order valence-corrected chi connectivity index (χ1v) is 6.23. The molecule has 3 nitrogen and oxygen atoms in total. The van der Waals surface area contributed by atoms with Gasteiger partial charge in [0.1, 0.15) is 0 Å². The smallest absolute Gasteiger partial charge is 0.228 e. The van der Waals surface area contributed by atoms with Crippen LogP contribution in [-0.4, -0.2) is 25.5 Å². The van der Waals surface area contributed by atoms with Crippen LogP contribution in [0.15, 0.2) is 24.3 Å². The van der Waals surface area contributed by atoms with E-state index in [-0.39, 0.29) is 5.91 Å². The highest BCUT2D eigenvalue weighted by molar-refractivity contribution is 5.93. The summed E-state index contributed by atoms with van der Waals surface area (Å²) in [5.41, 5.74) is 2.16. The minimum absolute atomic E-state index is 0.190. The van der Waals surface area contributed by atoms with E-state index in [1.54, 1.807) is 4.90 Å². The lowest BCUT2D eigenvalue weighted by Gasteiger charge is -2.20. The third-order valence-corrected chi connectivity index (χ3v) is 3.35. The van der Waals surface area contributed by atoms with Crippen LogP contribution in [0.1, 0.15) is 24.8 Å². The summed E-state index contributed by atoms with van der Waals surface area (Å²) in [6.45, 7) is 3.09. The molecule has 17 heavy (non-hydrogen) atoms. The number of carbonyl (C=O) groups excluding carboxylic acids is 1. The van der Waals surface area contributed by atoms with Crippen LogP contribution in [0, 0.1) is 6.92 Å². The van der Waals surface area contributed by atoms with E-state index in [4.69, 9.17) is 0 Å². The number of rotatable bonds is 3. The molecule has 0 spiro atoms. The average Bonchev–Trinajstić information content (AvgIpc) is 2.80. The summed E-state index contributed by atoms with van der Waals surface area (Å²) in [7, 11) is 1.85. The molecule has 92 valence electrons. The van der Waals surface area contributed by atoms with Gasteiger partial charge in [-0.25, -0.2) is 0 Å². The van der Waals surface area contributed by atoms with Gasteiger partial charge in [0.2, 0.25) is 5.91 Å². The van der Waals surface area contributed by atoms with E-state index in [1.807, 2.05) is 38.2 Å². The van der Waals surface area contributed by atoms with Crippen LogP contribution >= 0.6 is 0 Å². The maximum Gasteiger partial charge on any atom is 0.228 e. The molecule has 3 heteroatoms. The lowest BCUT2D eigenvalue weighted by molar-refractivity contribution is -0.118. The van der Waals surface area contributed by atoms with Crippen LogP contribution in [0.25, 0.3) is 0 Å². The fraction of sp³-hybridized carbons (Fsp3) is 0.500. The number of anilines is 1. The Morgan fingerprint density at radius 3 is 3.00 bits per heavy atom. The Balaban J connectivity index is 1.98. The fourth-order valence-electron chi connectivity index (χ4n) is 2.26. The highest BCUT2D eigenvalue weighted by Crippen LogP contribution is 2.17. The normalized spacial score (nSPS) is 19.3. The molecule has 1 N–H and O–H groups in total. The SMILES string of the molecule is Cc1cccc(N(C)C(=O)CC2CCCN2)c1. The first kappa shape index (κ1) is 12.1. The molecule has 1 aliphatic rings. The van der Waals surface area contributed by atoms with Gasteiger partial charge < -0.3 is 10.2 Å². The van der Waals surface area contributed by atoms with Crippen molar-refractivity contribution in [1.82, 2.24) is 5.32 Å². The third-order valence-electron chi connectivity index (χ3n) is 3.35. The quantitative estimate of drug-likeness (QED) is 0.865. The molecule has 1 fully saturated rings. The van der Waals surface area contributed by atoms with Crippen molar-refractivity contribution in [3.05, 3.63) is 29.8 Å². The third kappa shape index (κ3) is 3.07. The molecule has 0 aromatic heterocycles. The summed E-state index contributed by atoms with van der Waals surface area (Å²) in [5, 5.41) is 3.36. The minimum Gasteiger partial charge on any atom is -0.315 e. The first-order chi connectivity index (χ1) is 8.16. The Labute approximate surface area is 103 Å². The highest BCUT2D eigenvalue weighted by atomic mass is 16.2. The van der Waals surface area contributed by atoms with Crippen molar-refractivity contribution in [3.63, 3.8) is 0 Å². The maximum absolute atomic E-state index is 12.1. The second-order valence-electron chi connectivity index (χ2n) is 4.79. The van der Waals surface area contributed by atoms with Gasteiger partial charge in [-0.1, -0.05) is 12.1 Å². The molecule has 1 saturated heterocycles. The molecule has 1 heterocycles. The molecule has 1 atom stereocenters. The Hall–Kier alpha value is -1.35. The molecular formula is C14H20N2O. The van der Waals surface area contributed by atoms with Crippen molar-refractivity contribution in [2.24, 2.45) is 0 Å². The largest absolute Gasteiger partial charge is 0.315 e. The molecule has 1 aromatic rings. The number of hydrogen-bond donors (Lipinski definition) is 1. The van der Waals surface area contributed by atoms with Crippen molar-refractivity contribution in [2.75, 3.05) is 18.5 Å². The van der Waals surface area contributed by atoms with E-state index in [9.17, 15) is 4.79 Å². The van der Waals surface area contributed by atoms with E-state index >= 15 is 0 Å². The summed E-state index contributed by atoms with van der Waals surface area (Å²) in [4.78, 5) is 13.9. The van der Waals surface area contributed by atoms with Crippen LogP contribution in [0.2, 0.25) is 0 Å². The predicted molar refractivity (Wildman–Crippen MR) is 70.2 cm³/mol. The van der Waals surface area contributed by atoms with Gasteiger partial charge >= 0.3 is 0 Å². The second-order valence-corrected chi connectivity index (χ2v) is 4.79. The summed E-state index contributed by atoms with van der Waals surface area (Å²) in [5.74, 6) is 0.190. The minimum atomic E-state index is 0.190. The summed E-state index contributed by atoms with van der Waals surface area (Å²) in [6.07, 6.45) is 2.91. The van der Waals surface area contributed by atoms with Crippen molar-refractivity contribution >= 4 is 11.6 Å². The van der Waals surface area contributed by atoms with E-state index in [2.05, 4.69) is 5.32 Å². The van der Waals surface area contributed by atoms with Gasteiger partial charge in [-0.15, -0.1) is 0 Å². The van der Waals surface area contributed by atoms with Gasteiger partial charge in [-0.05, 0) is 44.0 Å². The molecule has 0 bridgehead atoms. The number of hydrogen-bond acceptors (Lipinski definition) is 2. The average molecular weight is 232 g/mol. The fourth-order valence-corrected chi connectivity index (χ4v) is 2.26. The lowest BCUT2D eigenvalue weighted by atomic mass is 10.1. The lowest BCUT2D eigenvalue weighted by Crippen LogP contribution is -2.33. The predicted octanol–water partition coefficient (Wildman–Crippen LogP) is 2.10. The summed E-state index contributed by atoms with van der Waals surface area (Å²) < 4.78 is 0. The maximum atomic E-state index is 12.1. The Morgan fingerprint density at radius 2 is 2.35 bits per heavy atom. The highest BCUT2D eigenvalue weighted by Gasteiger charge is 2.20. The summed E-state index contributed by atoms with van der Waals surface area (Å²) in [6, 6.07) is 8.42. The van der Waals surface area contributed by atoms with E-state index in [0.29, 0.717) is 12.5 Å². The van der Waals surface area contributed by atoms with Crippen LogP contribution in [-0.2, 0) is 4.79 Å². The molecule has 2 rings (SSSR count). The van der Waals surface area contributed by atoms with E-state index in [1.165, 1.54) is 12.0 Å². The number of benzene rings is 1. The van der Waals surface area contributed by atoms with Crippen molar-refractivity contribution in [2.45, 2.75) is 32.2 Å². The molecule has 0 saturated carbocycles. The molecule has 1 unspecified atom stereocenters. The first-order valence-electron chi connectivity index (χ1n) is 6.23. The van der Waals surface area contributed by atoms with Gasteiger partial charge in [-0.2, -0.15) is 0 Å². The van der Waals surface area contributed by atoms with Crippen LogP contribution in [0.4, 0.5) is 5.69 Å². The number of carbonyl (C=O) groups is 1. The molecule has 1 amide bonds. The monoisotopic (exact) mass is 232 g/mol. The van der Waals surface area contributed by atoms with Gasteiger partial charge in [0, 0.05) is 25.2 Å². The second kappa shape index (κ2) is 5.32. The number of aryl methyl sites for hydroxylation is 1. The molecule has 0 radical (unpaired) electrons. The topological polar surface area (TPSA) is 32.3 Å². The molecule has 1 aromatic carbocycles. The van der Waals surface area contributed by atoms with Crippen LogP contribution < -0.4 is 10.2 Å². The van der Waals surface area contributed by atoms with E-state index in [0.717, 1.165) is 18.7 Å². The number of nitrogens with one attached hydrogen (secondary N) is 1. The van der Waals surface area contributed by atoms with Gasteiger partial charge in [0.15, 0.2) is 0 Å².